The molecule has 0 aromatic heterocycles. The van der Waals surface area contributed by atoms with Crippen molar-refractivity contribution in [3.05, 3.63) is 0 Å². The highest BCUT2D eigenvalue weighted by atomic mass is 16.5. The Kier molecular flexibility index (Phi) is 5.81. The van der Waals surface area contributed by atoms with E-state index in [0.717, 1.165) is 58.0 Å². The van der Waals surface area contributed by atoms with E-state index in [2.05, 4.69) is 12.2 Å². The average molecular weight is 324 g/mol. The van der Waals surface area contributed by atoms with Crippen molar-refractivity contribution in [2.24, 2.45) is 11.3 Å². The van der Waals surface area contributed by atoms with Crippen LogP contribution in [0.1, 0.15) is 51.9 Å². The molecule has 0 unspecified atom stereocenters. The van der Waals surface area contributed by atoms with E-state index in [1.807, 2.05) is 4.90 Å². The second-order valence-electron chi connectivity index (χ2n) is 7.67. The Morgan fingerprint density at radius 1 is 1.22 bits per heavy atom. The number of urea groups is 1. The van der Waals surface area contributed by atoms with E-state index in [0.29, 0.717) is 19.2 Å². The molecule has 1 spiro atoms. The van der Waals surface area contributed by atoms with E-state index in [-0.39, 0.29) is 11.4 Å². The summed E-state index contributed by atoms with van der Waals surface area (Å²) in [6, 6.07) is 0.471. The predicted molar refractivity (Wildman–Crippen MR) is 89.4 cm³/mol. The number of nitrogens with one attached hydrogen (secondary N) is 1. The Balaban J connectivity index is 1.57. The number of ether oxygens (including phenoxy) is 2. The quantitative estimate of drug-likeness (QED) is 0.850. The highest BCUT2D eigenvalue weighted by molar-refractivity contribution is 5.74. The summed E-state index contributed by atoms with van der Waals surface area (Å²) >= 11 is 0. The summed E-state index contributed by atoms with van der Waals surface area (Å²) in [7, 11) is 0. The van der Waals surface area contributed by atoms with Crippen LogP contribution in [0.5, 0.6) is 0 Å². The molecule has 3 aliphatic rings. The van der Waals surface area contributed by atoms with Gasteiger partial charge in [0.25, 0.3) is 0 Å². The lowest BCUT2D eigenvalue weighted by molar-refractivity contribution is -0.0295. The predicted octanol–water partition coefficient (Wildman–Crippen LogP) is 2.79. The summed E-state index contributed by atoms with van der Waals surface area (Å²) in [5.41, 5.74) is 0.102. The van der Waals surface area contributed by atoms with Crippen LogP contribution in [0.15, 0.2) is 0 Å². The van der Waals surface area contributed by atoms with Gasteiger partial charge >= 0.3 is 6.03 Å². The molecule has 0 aromatic rings. The number of carbonyl (C=O) groups excluding carboxylic acids is 1. The molecule has 0 bridgehead atoms. The summed E-state index contributed by atoms with van der Waals surface area (Å²) in [5.74, 6) is 0.781. The number of hydrogen-bond acceptors (Lipinski definition) is 3. The fraction of sp³-hybridized carbons (Fsp3) is 0.944. The fourth-order valence-corrected chi connectivity index (χ4v) is 4.33. The maximum Gasteiger partial charge on any atom is 0.317 e. The molecule has 2 amide bonds. The number of carbonyl (C=O) groups is 1. The van der Waals surface area contributed by atoms with Crippen molar-refractivity contribution in [1.82, 2.24) is 10.2 Å². The molecule has 23 heavy (non-hydrogen) atoms. The topological polar surface area (TPSA) is 50.8 Å². The lowest BCUT2D eigenvalue weighted by atomic mass is 9.80. The molecule has 2 atom stereocenters. The normalized spacial score (nSPS) is 31.6. The summed E-state index contributed by atoms with van der Waals surface area (Å²) in [6.07, 6.45) is 8.07. The molecule has 0 radical (unpaired) electrons. The number of rotatable bonds is 2. The van der Waals surface area contributed by atoms with E-state index in [4.69, 9.17) is 9.47 Å². The van der Waals surface area contributed by atoms with Crippen molar-refractivity contribution in [2.45, 2.75) is 57.9 Å². The van der Waals surface area contributed by atoms with Gasteiger partial charge in [0.1, 0.15) is 0 Å². The zero-order valence-corrected chi connectivity index (χ0v) is 14.5. The van der Waals surface area contributed by atoms with Crippen LogP contribution >= 0.6 is 0 Å². The van der Waals surface area contributed by atoms with Gasteiger partial charge in [-0.15, -0.1) is 0 Å². The minimum Gasteiger partial charge on any atom is -0.381 e. The first-order valence-electron chi connectivity index (χ1n) is 9.42. The first-order chi connectivity index (χ1) is 11.2. The first kappa shape index (κ1) is 17.0. The molecular weight excluding hydrogens is 292 g/mol. The minimum atomic E-state index is 0.102. The van der Waals surface area contributed by atoms with Gasteiger partial charge in [-0.3, -0.25) is 0 Å². The van der Waals surface area contributed by atoms with Crippen LogP contribution in [0.3, 0.4) is 0 Å². The molecular formula is C18H32N2O3. The molecule has 3 fully saturated rings. The Labute approximate surface area is 140 Å². The molecule has 2 saturated heterocycles. The molecule has 2 aliphatic heterocycles. The van der Waals surface area contributed by atoms with Crippen LogP contribution in [0.2, 0.25) is 0 Å². The Morgan fingerprint density at radius 2 is 2.04 bits per heavy atom. The molecule has 5 nitrogen and oxygen atoms in total. The summed E-state index contributed by atoms with van der Waals surface area (Å²) in [4.78, 5) is 14.8. The monoisotopic (exact) mass is 324 g/mol. The first-order valence-corrected chi connectivity index (χ1v) is 9.42. The standard InChI is InChI=1S/C18H32N2O3/c1-2-15-4-3-5-16(12-15)19-17(21)20-8-11-23-14-18(13-20)6-9-22-10-7-18/h15-16H,2-14H2,1H3,(H,19,21)/t15-,16+/m1/s1. The summed E-state index contributed by atoms with van der Waals surface area (Å²) < 4.78 is 11.3. The van der Waals surface area contributed by atoms with Crippen LogP contribution in [0.4, 0.5) is 4.79 Å². The zero-order valence-electron chi connectivity index (χ0n) is 14.5. The van der Waals surface area contributed by atoms with Crippen molar-refractivity contribution in [3.8, 4) is 0 Å². The van der Waals surface area contributed by atoms with Gasteiger partial charge in [-0.1, -0.05) is 26.2 Å². The van der Waals surface area contributed by atoms with Gasteiger partial charge in [0.2, 0.25) is 0 Å². The van der Waals surface area contributed by atoms with Crippen molar-refractivity contribution in [3.63, 3.8) is 0 Å². The second kappa shape index (κ2) is 7.84. The van der Waals surface area contributed by atoms with Gasteiger partial charge in [-0.05, 0) is 31.6 Å². The van der Waals surface area contributed by atoms with Crippen LogP contribution in [-0.2, 0) is 9.47 Å². The van der Waals surface area contributed by atoms with Gasteiger partial charge in [0, 0.05) is 37.8 Å². The summed E-state index contributed by atoms with van der Waals surface area (Å²) in [5, 5.41) is 3.30. The van der Waals surface area contributed by atoms with Crippen molar-refractivity contribution in [1.29, 1.82) is 0 Å². The molecule has 132 valence electrons. The molecule has 1 saturated carbocycles. The minimum absolute atomic E-state index is 0.102. The van der Waals surface area contributed by atoms with E-state index in [9.17, 15) is 4.79 Å². The van der Waals surface area contributed by atoms with E-state index in [1.165, 1.54) is 19.3 Å². The van der Waals surface area contributed by atoms with Gasteiger partial charge in [-0.2, -0.15) is 0 Å². The maximum absolute atomic E-state index is 12.8. The third-order valence-electron chi connectivity index (χ3n) is 5.97. The lowest BCUT2D eigenvalue weighted by Gasteiger charge is -2.39. The van der Waals surface area contributed by atoms with Crippen LogP contribution in [-0.4, -0.2) is 56.5 Å². The van der Waals surface area contributed by atoms with Gasteiger partial charge < -0.3 is 19.7 Å². The van der Waals surface area contributed by atoms with Crippen LogP contribution in [0, 0.1) is 11.3 Å². The smallest absolute Gasteiger partial charge is 0.317 e. The van der Waals surface area contributed by atoms with Crippen LogP contribution < -0.4 is 5.32 Å². The van der Waals surface area contributed by atoms with Gasteiger partial charge in [0.15, 0.2) is 0 Å². The lowest BCUT2D eigenvalue weighted by Crippen LogP contribution is -2.51. The Hall–Kier alpha value is -0.810. The maximum atomic E-state index is 12.8. The number of hydrogen-bond donors (Lipinski definition) is 1. The Bertz CT molecular complexity index is 396. The molecule has 2 heterocycles. The average Bonchev–Trinajstić information content (AvgIpc) is 2.78. The number of nitrogens with zero attached hydrogens (tertiary/aromatic N) is 1. The highest BCUT2D eigenvalue weighted by Gasteiger charge is 2.38. The SMILES string of the molecule is CC[C@@H]1CCC[C@H](NC(=O)N2CCOCC3(CCOCC3)C2)C1. The number of amides is 2. The van der Waals surface area contributed by atoms with Crippen molar-refractivity contribution < 1.29 is 14.3 Å². The second-order valence-corrected chi connectivity index (χ2v) is 7.67. The molecule has 1 aliphatic carbocycles. The van der Waals surface area contributed by atoms with E-state index in [1.54, 1.807) is 0 Å². The van der Waals surface area contributed by atoms with Crippen LogP contribution in [0.25, 0.3) is 0 Å². The van der Waals surface area contributed by atoms with Crippen molar-refractivity contribution >= 4 is 6.03 Å². The van der Waals surface area contributed by atoms with Crippen molar-refractivity contribution in [2.75, 3.05) is 39.5 Å². The molecule has 1 N–H and O–H groups in total. The molecule has 5 heteroatoms. The van der Waals surface area contributed by atoms with E-state index >= 15 is 0 Å². The van der Waals surface area contributed by atoms with Gasteiger partial charge in [-0.25, -0.2) is 4.79 Å². The summed E-state index contributed by atoms with van der Waals surface area (Å²) in [6.45, 7) is 6.78. The molecule has 0 aromatic carbocycles. The largest absolute Gasteiger partial charge is 0.381 e. The molecule has 3 rings (SSSR count). The third kappa shape index (κ3) is 4.38. The van der Waals surface area contributed by atoms with Gasteiger partial charge in [0.05, 0.1) is 13.2 Å². The zero-order chi connectivity index (χ0) is 16.1. The van der Waals surface area contributed by atoms with E-state index < -0.39 is 0 Å². The Morgan fingerprint density at radius 3 is 2.83 bits per heavy atom. The highest BCUT2D eigenvalue weighted by Crippen LogP contribution is 2.33. The fourth-order valence-electron chi connectivity index (χ4n) is 4.33. The third-order valence-corrected chi connectivity index (χ3v) is 5.97.